The lowest BCUT2D eigenvalue weighted by molar-refractivity contribution is -0.141. The third-order valence-electron chi connectivity index (χ3n) is 4.25. The van der Waals surface area contributed by atoms with Gasteiger partial charge in [0.2, 0.25) is 5.91 Å². The maximum atomic E-state index is 12.9. The lowest BCUT2D eigenvalue weighted by Crippen LogP contribution is -2.26. The van der Waals surface area contributed by atoms with Crippen LogP contribution in [0.25, 0.3) is 0 Å². The van der Waals surface area contributed by atoms with E-state index in [-0.39, 0.29) is 16.5 Å². The molecule has 2 heterocycles. The highest BCUT2D eigenvalue weighted by Gasteiger charge is 2.35. The van der Waals surface area contributed by atoms with Crippen LogP contribution >= 0.6 is 34.8 Å². The molecule has 0 aliphatic heterocycles. The molecule has 0 saturated carbocycles. The van der Waals surface area contributed by atoms with Crippen LogP contribution in [0.4, 0.5) is 19.0 Å². The van der Waals surface area contributed by atoms with Crippen LogP contribution in [0.15, 0.2) is 30.5 Å². The number of aryl methyl sites for hydroxylation is 1. The summed E-state index contributed by atoms with van der Waals surface area (Å²) >= 11 is 18.0. The molecule has 0 fully saturated rings. The highest BCUT2D eigenvalue weighted by atomic mass is 35.5. The van der Waals surface area contributed by atoms with Crippen molar-refractivity contribution in [2.75, 3.05) is 5.32 Å². The van der Waals surface area contributed by atoms with Crippen LogP contribution in [-0.2, 0) is 17.5 Å². The van der Waals surface area contributed by atoms with Crippen molar-refractivity contribution in [1.29, 1.82) is 0 Å². The average molecular weight is 481 g/mol. The summed E-state index contributed by atoms with van der Waals surface area (Å²) in [4.78, 5) is 12.5. The fourth-order valence-corrected chi connectivity index (χ4v) is 3.26. The van der Waals surface area contributed by atoms with Gasteiger partial charge in [-0.3, -0.25) is 14.2 Å². The summed E-state index contributed by atoms with van der Waals surface area (Å²) in [6.45, 7) is 3.18. The molecule has 0 aliphatic rings. The lowest BCUT2D eigenvalue weighted by Gasteiger charge is -2.13. The van der Waals surface area contributed by atoms with Crippen LogP contribution in [0.3, 0.4) is 0 Å². The Morgan fingerprint density at radius 3 is 2.43 bits per heavy atom. The Hall–Kier alpha value is -2.23. The van der Waals surface area contributed by atoms with Crippen LogP contribution in [0, 0.1) is 6.92 Å². The third-order valence-corrected chi connectivity index (χ3v) is 5.26. The standard InChI is InChI=1S/C18H15Cl3F3N5O/c1-9-5-15(18(22,23)24)26-29(9)10(2)17(30)25-16-14(21)8-28(27-16)7-11-3-4-12(19)13(20)6-11/h3-6,8,10H,7H2,1-2H3,(H,25,27,30). The molecule has 3 aromatic rings. The van der Waals surface area contributed by atoms with Gasteiger partial charge in [-0.2, -0.15) is 23.4 Å². The summed E-state index contributed by atoms with van der Waals surface area (Å²) in [6, 6.07) is 4.96. The lowest BCUT2D eigenvalue weighted by atomic mass is 10.2. The zero-order valence-corrected chi connectivity index (χ0v) is 17.9. The van der Waals surface area contributed by atoms with Crippen LogP contribution in [0.2, 0.25) is 15.1 Å². The first-order valence-corrected chi connectivity index (χ1v) is 9.70. The molecular formula is C18H15Cl3F3N5O. The Balaban J connectivity index is 1.74. The monoisotopic (exact) mass is 479 g/mol. The second-order valence-corrected chi connectivity index (χ2v) is 7.77. The number of carbonyl (C=O) groups is 1. The number of halogens is 6. The topological polar surface area (TPSA) is 64.7 Å². The van der Waals surface area contributed by atoms with Crippen molar-refractivity contribution in [3.05, 3.63) is 62.5 Å². The number of anilines is 1. The second-order valence-electron chi connectivity index (χ2n) is 6.55. The zero-order valence-electron chi connectivity index (χ0n) is 15.6. The van der Waals surface area contributed by atoms with Gasteiger partial charge in [0, 0.05) is 11.9 Å². The molecule has 1 aromatic carbocycles. The van der Waals surface area contributed by atoms with Crippen molar-refractivity contribution < 1.29 is 18.0 Å². The molecular weight excluding hydrogens is 466 g/mol. The number of alkyl halides is 3. The molecule has 1 amide bonds. The number of amides is 1. The summed E-state index contributed by atoms with van der Waals surface area (Å²) in [6.07, 6.45) is -3.09. The zero-order chi connectivity index (χ0) is 22.2. The molecule has 6 nitrogen and oxygen atoms in total. The van der Waals surface area contributed by atoms with Crippen LogP contribution < -0.4 is 5.32 Å². The minimum absolute atomic E-state index is 0.0782. The minimum atomic E-state index is -4.60. The van der Waals surface area contributed by atoms with E-state index in [1.54, 1.807) is 18.2 Å². The van der Waals surface area contributed by atoms with Gasteiger partial charge in [-0.05, 0) is 37.6 Å². The van der Waals surface area contributed by atoms with Gasteiger partial charge in [0.15, 0.2) is 11.5 Å². The highest BCUT2D eigenvalue weighted by molar-refractivity contribution is 6.42. The van der Waals surface area contributed by atoms with E-state index in [0.29, 0.717) is 16.6 Å². The molecule has 0 bridgehead atoms. The van der Waals surface area contributed by atoms with Crippen LogP contribution in [0.1, 0.15) is 29.9 Å². The molecule has 12 heteroatoms. The maximum absolute atomic E-state index is 12.9. The van der Waals surface area contributed by atoms with E-state index >= 15 is 0 Å². The summed E-state index contributed by atoms with van der Waals surface area (Å²) in [7, 11) is 0. The van der Waals surface area contributed by atoms with Gasteiger partial charge >= 0.3 is 6.18 Å². The summed E-state index contributed by atoms with van der Waals surface area (Å²) in [5.74, 6) is -0.536. The summed E-state index contributed by atoms with van der Waals surface area (Å²) < 4.78 is 41.0. The molecule has 0 saturated heterocycles. The SMILES string of the molecule is Cc1cc(C(F)(F)F)nn1C(C)C(=O)Nc1nn(Cc2ccc(Cl)c(Cl)c2)cc1Cl. The van der Waals surface area contributed by atoms with Crippen molar-refractivity contribution >= 4 is 46.5 Å². The molecule has 1 N–H and O–H groups in total. The van der Waals surface area contributed by atoms with Crippen LogP contribution in [0.5, 0.6) is 0 Å². The Bertz CT molecular complexity index is 1090. The Morgan fingerprint density at radius 2 is 1.83 bits per heavy atom. The average Bonchev–Trinajstić information content (AvgIpc) is 3.20. The molecule has 0 spiro atoms. The Kier molecular flexibility index (Phi) is 6.35. The summed E-state index contributed by atoms with van der Waals surface area (Å²) in [5.41, 5.74) is -0.0635. The van der Waals surface area contributed by atoms with E-state index in [2.05, 4.69) is 15.5 Å². The number of rotatable bonds is 5. The number of hydrogen-bond acceptors (Lipinski definition) is 3. The normalized spacial score (nSPS) is 12.8. The molecule has 2 aromatic heterocycles. The maximum Gasteiger partial charge on any atom is 0.435 e. The predicted octanol–water partition coefficient (Wildman–Crippen LogP) is 5.62. The van der Waals surface area contributed by atoms with Gasteiger partial charge in [-0.25, -0.2) is 0 Å². The smallest absolute Gasteiger partial charge is 0.306 e. The Morgan fingerprint density at radius 1 is 1.13 bits per heavy atom. The first-order chi connectivity index (χ1) is 14.0. The Labute approximate surface area is 184 Å². The second kappa shape index (κ2) is 8.49. The first kappa shape index (κ1) is 22.5. The number of nitrogens with one attached hydrogen (secondary N) is 1. The largest absolute Gasteiger partial charge is 0.435 e. The van der Waals surface area contributed by atoms with E-state index in [1.807, 2.05) is 0 Å². The van der Waals surface area contributed by atoms with E-state index in [9.17, 15) is 18.0 Å². The number of carbonyl (C=O) groups excluding carboxylic acids is 1. The first-order valence-electron chi connectivity index (χ1n) is 8.57. The molecule has 1 unspecified atom stereocenters. The van der Waals surface area contributed by atoms with Gasteiger partial charge in [0.1, 0.15) is 11.1 Å². The van der Waals surface area contributed by atoms with Crippen molar-refractivity contribution in [3.8, 4) is 0 Å². The summed E-state index contributed by atoms with van der Waals surface area (Å²) in [5, 5.41) is 11.2. The van der Waals surface area contributed by atoms with E-state index < -0.39 is 23.8 Å². The molecule has 0 radical (unpaired) electrons. The third kappa shape index (κ3) is 4.91. The fraction of sp³-hybridized carbons (Fsp3) is 0.278. The minimum Gasteiger partial charge on any atom is -0.306 e. The molecule has 30 heavy (non-hydrogen) atoms. The van der Waals surface area contributed by atoms with Crippen molar-refractivity contribution in [2.24, 2.45) is 0 Å². The van der Waals surface area contributed by atoms with Crippen molar-refractivity contribution in [2.45, 2.75) is 32.6 Å². The predicted molar refractivity (Wildman–Crippen MR) is 108 cm³/mol. The van der Waals surface area contributed by atoms with Gasteiger partial charge < -0.3 is 5.32 Å². The highest BCUT2D eigenvalue weighted by Crippen LogP contribution is 2.30. The van der Waals surface area contributed by atoms with Gasteiger partial charge in [-0.15, -0.1) is 0 Å². The van der Waals surface area contributed by atoms with E-state index in [1.165, 1.54) is 24.7 Å². The van der Waals surface area contributed by atoms with Gasteiger partial charge in [0.25, 0.3) is 0 Å². The van der Waals surface area contributed by atoms with Crippen molar-refractivity contribution in [1.82, 2.24) is 19.6 Å². The number of benzene rings is 1. The number of nitrogens with zero attached hydrogens (tertiary/aromatic N) is 4. The molecule has 1 atom stereocenters. The number of hydrogen-bond donors (Lipinski definition) is 1. The van der Waals surface area contributed by atoms with Crippen LogP contribution in [-0.4, -0.2) is 25.5 Å². The van der Waals surface area contributed by atoms with E-state index in [4.69, 9.17) is 34.8 Å². The molecule has 0 aliphatic carbocycles. The van der Waals surface area contributed by atoms with Crippen molar-refractivity contribution in [3.63, 3.8) is 0 Å². The molecule has 160 valence electrons. The molecule has 3 rings (SSSR count). The van der Waals surface area contributed by atoms with Gasteiger partial charge in [0.05, 0.1) is 16.6 Å². The van der Waals surface area contributed by atoms with E-state index in [0.717, 1.165) is 16.3 Å². The fourth-order valence-electron chi connectivity index (χ4n) is 2.74. The quantitative estimate of drug-likeness (QED) is 0.516. The number of aromatic nitrogens is 4. The van der Waals surface area contributed by atoms with Gasteiger partial charge in [-0.1, -0.05) is 40.9 Å².